The second-order valence-corrected chi connectivity index (χ2v) is 8.98. The van der Waals surface area contributed by atoms with Crippen LogP contribution < -0.4 is 10.6 Å². The monoisotopic (exact) mass is 520 g/mol. The van der Waals surface area contributed by atoms with E-state index in [0.717, 1.165) is 23.1 Å². The van der Waals surface area contributed by atoms with Crippen molar-refractivity contribution in [3.63, 3.8) is 0 Å². The number of fused-ring (bicyclic) bond motifs is 1. The van der Waals surface area contributed by atoms with Gasteiger partial charge in [0.2, 0.25) is 5.13 Å². The van der Waals surface area contributed by atoms with E-state index in [1.807, 2.05) is 31.2 Å². The van der Waals surface area contributed by atoms with Crippen LogP contribution in [0.3, 0.4) is 0 Å². The number of benzene rings is 1. The number of rotatable bonds is 13. The fourth-order valence-corrected chi connectivity index (χ4v) is 4.38. The Balaban J connectivity index is 1.60. The van der Waals surface area contributed by atoms with Crippen molar-refractivity contribution in [1.82, 2.24) is 24.7 Å². The van der Waals surface area contributed by atoms with Crippen LogP contribution in [0.25, 0.3) is 15.3 Å². The molecule has 2 N–H and O–H groups in total. The highest BCUT2D eigenvalue weighted by atomic mass is 32.1. The second-order valence-electron chi connectivity index (χ2n) is 7.97. The van der Waals surface area contributed by atoms with E-state index in [0.29, 0.717) is 59.9 Å². The van der Waals surface area contributed by atoms with Crippen LogP contribution in [0.2, 0.25) is 0 Å². The molecule has 4 rings (SSSR count). The number of azo groups is 1. The number of aromatic nitrogens is 5. The lowest BCUT2D eigenvalue weighted by atomic mass is 10.1. The predicted molar refractivity (Wildman–Crippen MR) is 142 cm³/mol. The molecule has 0 aliphatic heterocycles. The second kappa shape index (κ2) is 12.8. The van der Waals surface area contributed by atoms with Crippen LogP contribution in [-0.4, -0.2) is 65.3 Å². The van der Waals surface area contributed by atoms with Crippen molar-refractivity contribution in [2.45, 2.75) is 19.8 Å². The van der Waals surface area contributed by atoms with Gasteiger partial charge in [0.15, 0.2) is 5.82 Å². The number of pyridine rings is 1. The third kappa shape index (κ3) is 6.42. The summed E-state index contributed by atoms with van der Waals surface area (Å²) in [6.07, 6.45) is 3.11. The first-order valence-electron chi connectivity index (χ1n) is 11.7. The molecule has 37 heavy (non-hydrogen) atoms. The molecule has 3 heterocycles. The van der Waals surface area contributed by atoms with E-state index in [4.69, 9.17) is 9.47 Å². The summed E-state index contributed by atoms with van der Waals surface area (Å²) < 4.78 is 12.9. The molecule has 192 valence electrons. The smallest absolute Gasteiger partial charge is 0.287 e. The van der Waals surface area contributed by atoms with Gasteiger partial charge in [0, 0.05) is 46.1 Å². The molecule has 0 amide bonds. The Hall–Kier alpha value is -3.99. The lowest BCUT2D eigenvalue weighted by Gasteiger charge is -2.15. The van der Waals surface area contributed by atoms with Crippen molar-refractivity contribution < 1.29 is 9.47 Å². The van der Waals surface area contributed by atoms with Gasteiger partial charge in [-0.25, -0.2) is 9.97 Å². The minimum Gasteiger partial charge on any atom is -0.385 e. The summed E-state index contributed by atoms with van der Waals surface area (Å²) in [5, 5.41) is 30.1. The number of methoxy groups -OCH3 is 2. The average molecular weight is 521 g/mol. The topological polar surface area (TPSA) is 148 Å². The number of ether oxygens (including phenoxy) is 2. The minimum absolute atomic E-state index is 0.171. The van der Waals surface area contributed by atoms with Crippen LogP contribution in [0.1, 0.15) is 24.0 Å². The lowest BCUT2D eigenvalue weighted by molar-refractivity contribution is 0.197. The van der Waals surface area contributed by atoms with Crippen LogP contribution in [-0.2, 0) is 9.47 Å². The number of nitrogens with one attached hydrogen (secondary N) is 2. The Labute approximate surface area is 218 Å². The molecule has 0 aliphatic carbocycles. The number of hydrogen-bond donors (Lipinski definition) is 2. The number of thiazole rings is 1. The van der Waals surface area contributed by atoms with E-state index >= 15 is 0 Å². The van der Waals surface area contributed by atoms with Crippen molar-refractivity contribution in [1.29, 1.82) is 5.26 Å². The zero-order valence-corrected chi connectivity index (χ0v) is 21.7. The van der Waals surface area contributed by atoms with Gasteiger partial charge in [-0.2, -0.15) is 14.9 Å². The standard InChI is InChI=1S/C24H28N10O2S/c1-16-17(14-25)21(26-10-6-12-35-2)30-22(27-11-7-13-36-3)20(16)31-32-23-28-15-34(33-23)24-29-18-8-4-5-9-19(18)37-24/h4-5,8-9,15H,6-7,10-13H2,1-3H3,(H2,26,27,30). The molecule has 0 fully saturated rings. The number of para-hydroxylation sites is 1. The highest BCUT2D eigenvalue weighted by molar-refractivity contribution is 7.20. The Morgan fingerprint density at radius 1 is 1.03 bits per heavy atom. The maximum absolute atomic E-state index is 9.84. The van der Waals surface area contributed by atoms with Gasteiger partial charge >= 0.3 is 0 Å². The first-order chi connectivity index (χ1) is 18.1. The first kappa shape index (κ1) is 26.1. The predicted octanol–water partition coefficient (Wildman–Crippen LogP) is 4.76. The third-order valence-electron chi connectivity index (χ3n) is 5.36. The van der Waals surface area contributed by atoms with E-state index in [2.05, 4.69) is 47.0 Å². The Morgan fingerprint density at radius 2 is 1.76 bits per heavy atom. The molecule has 0 spiro atoms. The largest absolute Gasteiger partial charge is 0.385 e. The maximum Gasteiger partial charge on any atom is 0.287 e. The van der Waals surface area contributed by atoms with Gasteiger partial charge in [-0.1, -0.05) is 23.5 Å². The normalized spacial score (nSPS) is 11.3. The fraction of sp³-hybridized carbons (Fsp3) is 0.375. The molecular formula is C24H28N10O2S. The molecule has 12 nitrogen and oxygen atoms in total. The summed E-state index contributed by atoms with van der Waals surface area (Å²) in [4.78, 5) is 13.5. The van der Waals surface area contributed by atoms with Crippen LogP contribution in [0.15, 0.2) is 40.8 Å². The number of hydrogen-bond acceptors (Lipinski definition) is 12. The third-order valence-corrected chi connectivity index (χ3v) is 6.39. The number of nitriles is 1. The van der Waals surface area contributed by atoms with Crippen molar-refractivity contribution >= 4 is 44.8 Å². The molecule has 0 radical (unpaired) electrons. The Kier molecular flexibility index (Phi) is 9.03. The van der Waals surface area contributed by atoms with E-state index in [1.54, 1.807) is 25.2 Å². The van der Waals surface area contributed by atoms with Gasteiger partial charge in [0.25, 0.3) is 5.95 Å². The number of nitrogens with zero attached hydrogens (tertiary/aromatic N) is 8. The van der Waals surface area contributed by atoms with Gasteiger partial charge in [-0.3, -0.25) is 0 Å². The highest BCUT2D eigenvalue weighted by Gasteiger charge is 2.18. The van der Waals surface area contributed by atoms with E-state index in [1.165, 1.54) is 11.3 Å². The summed E-state index contributed by atoms with van der Waals surface area (Å²) in [7, 11) is 3.31. The SMILES string of the molecule is COCCCNc1nc(NCCCOC)c(N=Nc2ncn(-c3nc4ccccc4s3)n2)c(C)c1C#N. The van der Waals surface area contributed by atoms with Crippen molar-refractivity contribution in [2.75, 3.05) is 51.2 Å². The zero-order chi connectivity index (χ0) is 26.0. The quantitative estimate of drug-likeness (QED) is 0.188. The molecule has 0 atom stereocenters. The first-order valence-corrected chi connectivity index (χ1v) is 12.6. The molecule has 4 aromatic rings. The molecule has 3 aromatic heterocycles. The molecule has 0 saturated carbocycles. The Bertz CT molecular complexity index is 1380. The molecular weight excluding hydrogens is 492 g/mol. The Morgan fingerprint density at radius 3 is 2.46 bits per heavy atom. The van der Waals surface area contributed by atoms with Gasteiger partial charge in [0.05, 0.1) is 15.8 Å². The average Bonchev–Trinajstić information content (AvgIpc) is 3.56. The van der Waals surface area contributed by atoms with Crippen LogP contribution in [0.4, 0.5) is 23.3 Å². The van der Waals surface area contributed by atoms with E-state index < -0.39 is 0 Å². The summed E-state index contributed by atoms with van der Waals surface area (Å²) in [5.41, 5.74) is 2.40. The van der Waals surface area contributed by atoms with Crippen molar-refractivity contribution in [3.05, 3.63) is 41.7 Å². The minimum atomic E-state index is 0.171. The highest BCUT2D eigenvalue weighted by Crippen LogP contribution is 2.34. The van der Waals surface area contributed by atoms with Gasteiger partial charge < -0.3 is 20.1 Å². The van der Waals surface area contributed by atoms with Crippen molar-refractivity contribution in [3.8, 4) is 11.2 Å². The summed E-state index contributed by atoms with van der Waals surface area (Å²) in [6.45, 7) is 4.27. The fourth-order valence-electron chi connectivity index (χ4n) is 3.50. The van der Waals surface area contributed by atoms with Gasteiger partial charge in [0.1, 0.15) is 23.9 Å². The zero-order valence-electron chi connectivity index (χ0n) is 20.9. The molecule has 0 saturated heterocycles. The van der Waals surface area contributed by atoms with Crippen LogP contribution >= 0.6 is 11.3 Å². The van der Waals surface area contributed by atoms with Crippen LogP contribution in [0.5, 0.6) is 0 Å². The van der Waals surface area contributed by atoms with Gasteiger partial charge in [-0.15, -0.1) is 15.3 Å². The van der Waals surface area contributed by atoms with Crippen LogP contribution in [0, 0.1) is 18.3 Å². The lowest BCUT2D eigenvalue weighted by Crippen LogP contribution is -2.12. The maximum atomic E-state index is 9.84. The molecule has 0 unspecified atom stereocenters. The molecule has 1 aromatic carbocycles. The molecule has 13 heteroatoms. The molecule has 0 aliphatic rings. The number of anilines is 2. The summed E-state index contributed by atoms with van der Waals surface area (Å²) in [5.74, 6) is 1.17. The van der Waals surface area contributed by atoms with Crippen molar-refractivity contribution in [2.24, 2.45) is 10.2 Å². The van der Waals surface area contributed by atoms with E-state index in [-0.39, 0.29) is 5.95 Å². The summed E-state index contributed by atoms with van der Waals surface area (Å²) in [6, 6.07) is 10.1. The summed E-state index contributed by atoms with van der Waals surface area (Å²) >= 11 is 1.51. The van der Waals surface area contributed by atoms with Gasteiger partial charge in [-0.05, 0) is 31.9 Å². The van der Waals surface area contributed by atoms with E-state index in [9.17, 15) is 5.26 Å². The molecule has 0 bridgehead atoms.